The van der Waals surface area contributed by atoms with Crippen molar-refractivity contribution in [1.29, 1.82) is 0 Å². The SMILES string of the molecule is COCc1cnc(NC(=O)C(=NOCc2ccccn2)c2ccc(S(=O)(=O)C3CC3)cc2)s1. The van der Waals surface area contributed by atoms with E-state index in [-0.39, 0.29) is 22.5 Å². The van der Waals surface area contributed by atoms with E-state index in [1.807, 2.05) is 6.07 Å². The van der Waals surface area contributed by atoms with Gasteiger partial charge in [0, 0.05) is 25.1 Å². The number of methoxy groups -OCH3 is 1. The molecule has 0 spiro atoms. The van der Waals surface area contributed by atoms with Crippen LogP contribution in [0.3, 0.4) is 0 Å². The van der Waals surface area contributed by atoms with Gasteiger partial charge in [0.1, 0.15) is 0 Å². The molecule has 1 aliphatic carbocycles. The molecule has 1 aromatic carbocycles. The Morgan fingerprint density at radius 1 is 1.15 bits per heavy atom. The van der Waals surface area contributed by atoms with Gasteiger partial charge < -0.3 is 9.57 Å². The van der Waals surface area contributed by atoms with Gasteiger partial charge in [0.2, 0.25) is 0 Å². The molecule has 172 valence electrons. The molecule has 1 N–H and O–H groups in total. The molecule has 11 heteroatoms. The fourth-order valence-electron chi connectivity index (χ4n) is 2.98. The summed E-state index contributed by atoms with van der Waals surface area (Å²) >= 11 is 1.28. The summed E-state index contributed by atoms with van der Waals surface area (Å²) in [5.74, 6) is -0.535. The Morgan fingerprint density at radius 3 is 2.61 bits per heavy atom. The van der Waals surface area contributed by atoms with E-state index in [9.17, 15) is 13.2 Å². The summed E-state index contributed by atoms with van der Waals surface area (Å²) in [7, 11) is -1.75. The molecular weight excluding hydrogens is 464 g/mol. The lowest BCUT2D eigenvalue weighted by Crippen LogP contribution is -2.24. The Hall–Kier alpha value is -3.15. The number of anilines is 1. The Morgan fingerprint density at radius 2 is 1.94 bits per heavy atom. The van der Waals surface area contributed by atoms with Crippen molar-refractivity contribution in [2.45, 2.75) is 36.2 Å². The van der Waals surface area contributed by atoms with Crippen LogP contribution in [0.15, 0.2) is 64.9 Å². The molecule has 0 unspecified atom stereocenters. The fraction of sp³-hybridized carbons (Fsp3) is 0.273. The quantitative estimate of drug-likeness (QED) is 0.345. The van der Waals surface area contributed by atoms with Gasteiger partial charge in [-0.25, -0.2) is 13.4 Å². The molecule has 0 aliphatic heterocycles. The fourth-order valence-corrected chi connectivity index (χ4v) is 5.41. The summed E-state index contributed by atoms with van der Waals surface area (Å²) in [6, 6.07) is 11.5. The van der Waals surface area contributed by atoms with E-state index >= 15 is 0 Å². The van der Waals surface area contributed by atoms with E-state index in [2.05, 4.69) is 20.4 Å². The first-order valence-electron chi connectivity index (χ1n) is 10.2. The molecule has 0 atom stereocenters. The maximum atomic E-state index is 13.0. The molecule has 4 rings (SSSR count). The number of pyridine rings is 1. The van der Waals surface area contributed by atoms with Crippen molar-refractivity contribution < 1.29 is 22.8 Å². The first-order chi connectivity index (χ1) is 16.0. The Labute approximate surface area is 195 Å². The molecule has 2 aromatic heterocycles. The molecule has 3 aromatic rings. The van der Waals surface area contributed by atoms with Gasteiger partial charge in [0.25, 0.3) is 5.91 Å². The van der Waals surface area contributed by atoms with Crippen molar-refractivity contribution >= 4 is 37.9 Å². The number of nitrogens with zero attached hydrogens (tertiary/aromatic N) is 3. The highest BCUT2D eigenvalue weighted by molar-refractivity contribution is 7.92. The second-order valence-corrected chi connectivity index (χ2v) is 10.7. The highest BCUT2D eigenvalue weighted by Gasteiger charge is 2.36. The van der Waals surface area contributed by atoms with Gasteiger partial charge in [0.15, 0.2) is 27.3 Å². The van der Waals surface area contributed by atoms with Gasteiger partial charge in [-0.2, -0.15) is 0 Å². The summed E-state index contributed by atoms with van der Waals surface area (Å²) in [4.78, 5) is 27.8. The third-order valence-electron chi connectivity index (χ3n) is 4.79. The number of amides is 1. The summed E-state index contributed by atoms with van der Waals surface area (Å²) in [5, 5.41) is 6.82. The van der Waals surface area contributed by atoms with E-state index in [0.717, 1.165) is 4.88 Å². The van der Waals surface area contributed by atoms with E-state index in [1.165, 1.54) is 23.5 Å². The monoisotopic (exact) mass is 486 g/mol. The van der Waals surface area contributed by atoms with Gasteiger partial charge in [-0.15, -0.1) is 0 Å². The number of aromatic nitrogens is 2. The average Bonchev–Trinajstić information content (AvgIpc) is 3.60. The Balaban J connectivity index is 1.55. The molecular formula is C22H22N4O5S2. The number of ether oxygens (including phenoxy) is 1. The van der Waals surface area contributed by atoms with Crippen LogP contribution in [0.1, 0.15) is 29.0 Å². The van der Waals surface area contributed by atoms with Crippen LogP contribution in [0, 0.1) is 0 Å². The van der Waals surface area contributed by atoms with Crippen molar-refractivity contribution in [2.24, 2.45) is 5.16 Å². The number of thiazole rings is 1. The van der Waals surface area contributed by atoms with Crippen LogP contribution in [-0.2, 0) is 37.4 Å². The van der Waals surface area contributed by atoms with Gasteiger partial charge in [0.05, 0.1) is 27.3 Å². The van der Waals surface area contributed by atoms with Crippen molar-refractivity contribution in [1.82, 2.24) is 9.97 Å². The van der Waals surface area contributed by atoms with Crippen molar-refractivity contribution in [3.8, 4) is 0 Å². The molecule has 1 saturated carbocycles. The summed E-state index contributed by atoms with van der Waals surface area (Å²) in [6.45, 7) is 0.458. The molecule has 33 heavy (non-hydrogen) atoms. The number of rotatable bonds is 10. The number of carbonyl (C=O) groups is 1. The Kier molecular flexibility index (Phi) is 7.11. The van der Waals surface area contributed by atoms with Crippen LogP contribution >= 0.6 is 11.3 Å². The topological polar surface area (TPSA) is 120 Å². The minimum atomic E-state index is -3.33. The molecule has 1 fully saturated rings. The highest BCUT2D eigenvalue weighted by atomic mass is 32.2. The van der Waals surface area contributed by atoms with Crippen LogP contribution in [0.4, 0.5) is 5.13 Å². The van der Waals surface area contributed by atoms with Crippen molar-refractivity contribution in [2.75, 3.05) is 12.4 Å². The minimum Gasteiger partial charge on any atom is -0.389 e. The van der Waals surface area contributed by atoms with Gasteiger partial charge in [-0.3, -0.25) is 15.1 Å². The van der Waals surface area contributed by atoms with Crippen molar-refractivity contribution in [3.05, 3.63) is 71.0 Å². The normalized spacial score (nSPS) is 14.2. The smallest absolute Gasteiger partial charge is 0.280 e. The van der Waals surface area contributed by atoms with Crippen LogP contribution in [0.25, 0.3) is 0 Å². The van der Waals surface area contributed by atoms with E-state index in [4.69, 9.17) is 9.57 Å². The van der Waals surface area contributed by atoms with E-state index in [1.54, 1.807) is 43.8 Å². The third-order valence-corrected chi connectivity index (χ3v) is 7.95. The summed E-state index contributed by atoms with van der Waals surface area (Å²) in [5.41, 5.74) is 1.05. The zero-order valence-corrected chi connectivity index (χ0v) is 19.4. The maximum absolute atomic E-state index is 13.0. The minimum absolute atomic E-state index is 0.00945. The summed E-state index contributed by atoms with van der Waals surface area (Å²) in [6.07, 6.45) is 4.61. The van der Waals surface area contributed by atoms with Crippen molar-refractivity contribution in [3.63, 3.8) is 0 Å². The lowest BCUT2D eigenvalue weighted by Gasteiger charge is -2.08. The number of hydrogen-bond acceptors (Lipinski definition) is 9. The lowest BCUT2D eigenvalue weighted by molar-refractivity contribution is -0.110. The number of benzene rings is 1. The van der Waals surface area contributed by atoms with Gasteiger partial charge in [-0.05, 0) is 37.1 Å². The lowest BCUT2D eigenvalue weighted by atomic mass is 10.1. The molecule has 1 aliphatic rings. The molecule has 0 saturated heterocycles. The van der Waals surface area contributed by atoms with Crippen LogP contribution in [0.5, 0.6) is 0 Å². The molecule has 1 amide bonds. The number of sulfone groups is 1. The first kappa shape index (κ1) is 23.0. The number of nitrogens with one attached hydrogen (secondary N) is 1. The van der Waals surface area contributed by atoms with E-state index < -0.39 is 15.7 Å². The summed E-state index contributed by atoms with van der Waals surface area (Å²) < 4.78 is 30.0. The van der Waals surface area contributed by atoms with Crippen LogP contribution < -0.4 is 5.32 Å². The molecule has 0 bridgehead atoms. The predicted octanol–water partition coefficient (Wildman–Crippen LogP) is 3.18. The standard InChI is InChI=1S/C22H22N4O5S2/c1-30-14-17-12-24-22(32-17)25-21(27)20(26-31-13-16-4-2-3-11-23-16)15-5-7-18(8-6-15)33(28,29)19-9-10-19/h2-8,11-12,19H,9-10,13-14H2,1H3,(H,24,25,27). The zero-order chi connectivity index (χ0) is 23.3. The number of hydrogen-bond donors (Lipinski definition) is 1. The molecule has 0 radical (unpaired) electrons. The second kappa shape index (κ2) is 10.2. The average molecular weight is 487 g/mol. The second-order valence-electron chi connectivity index (χ2n) is 7.32. The van der Waals surface area contributed by atoms with Crippen LogP contribution in [-0.4, -0.2) is 42.4 Å². The Bertz CT molecular complexity index is 1240. The first-order valence-corrected chi connectivity index (χ1v) is 12.5. The number of oxime groups is 1. The zero-order valence-electron chi connectivity index (χ0n) is 17.8. The van der Waals surface area contributed by atoms with Gasteiger partial charge >= 0.3 is 0 Å². The largest absolute Gasteiger partial charge is 0.389 e. The van der Waals surface area contributed by atoms with Crippen LogP contribution in [0.2, 0.25) is 0 Å². The number of carbonyl (C=O) groups excluding carboxylic acids is 1. The molecule has 2 heterocycles. The third kappa shape index (κ3) is 5.81. The van der Waals surface area contributed by atoms with E-state index in [0.29, 0.717) is 35.8 Å². The predicted molar refractivity (Wildman–Crippen MR) is 124 cm³/mol. The molecule has 9 nitrogen and oxygen atoms in total. The highest BCUT2D eigenvalue weighted by Crippen LogP contribution is 2.33. The maximum Gasteiger partial charge on any atom is 0.280 e. The van der Waals surface area contributed by atoms with Gasteiger partial charge in [-0.1, -0.05) is 34.7 Å².